The van der Waals surface area contributed by atoms with Crippen LogP contribution in [0, 0.1) is 33.7 Å². The van der Waals surface area contributed by atoms with Crippen molar-refractivity contribution in [1.82, 2.24) is 29.7 Å². The first-order valence-corrected chi connectivity index (χ1v) is 34.1. The highest BCUT2D eigenvalue weighted by Crippen LogP contribution is 2.26. The predicted octanol–water partition coefficient (Wildman–Crippen LogP) is 14.0. The molecule has 6 heterocycles. The number of carbonyl (C=O) groups is 6. The molecule has 22 nitrogen and oxygen atoms in total. The number of nitrogens with zero attached hydrogens (tertiary/aromatic N) is 6. The van der Waals surface area contributed by atoms with Gasteiger partial charge in [0.25, 0.3) is 35.4 Å². The van der Waals surface area contributed by atoms with E-state index in [4.69, 9.17) is 55.8 Å². The van der Waals surface area contributed by atoms with Crippen molar-refractivity contribution in [3.8, 4) is 0 Å². The zero-order valence-corrected chi connectivity index (χ0v) is 57.3. The van der Waals surface area contributed by atoms with Gasteiger partial charge in [-0.1, -0.05) is 77.3 Å². The highest BCUT2D eigenvalue weighted by atomic mass is 35.5. The zero-order valence-electron chi connectivity index (χ0n) is 54.2. The summed E-state index contributed by atoms with van der Waals surface area (Å²) in [6.45, 7) is 5.62. The van der Waals surface area contributed by atoms with E-state index in [1.165, 1.54) is 61.4 Å². The van der Waals surface area contributed by atoms with E-state index < -0.39 is 52.9 Å². The van der Waals surface area contributed by atoms with Crippen LogP contribution >= 0.6 is 46.6 Å². The van der Waals surface area contributed by atoms with Gasteiger partial charge in [-0.2, -0.15) is 11.8 Å². The Morgan fingerprint density at radius 1 is 0.382 bits per heavy atom. The van der Waals surface area contributed by atoms with E-state index in [9.17, 15) is 41.9 Å². The number of aromatic nitrogens is 3. The van der Waals surface area contributed by atoms with Gasteiger partial charge in [-0.25, -0.2) is 28.1 Å². The number of piperidine rings is 1. The smallest absolute Gasteiger partial charge is 0.259 e. The minimum atomic E-state index is -0.738. The van der Waals surface area contributed by atoms with E-state index in [1.54, 1.807) is 103 Å². The van der Waals surface area contributed by atoms with Crippen LogP contribution in [0.3, 0.4) is 0 Å². The monoisotopic (exact) mass is 1460 g/mol. The summed E-state index contributed by atoms with van der Waals surface area (Å²) < 4.78 is 47.9. The minimum Gasteiger partial charge on any atom is -0.378 e. The van der Waals surface area contributed by atoms with Crippen LogP contribution in [-0.2, 0) is 4.74 Å². The minimum absolute atomic E-state index is 0.0476. The van der Waals surface area contributed by atoms with Crippen LogP contribution in [-0.4, -0.2) is 147 Å². The summed E-state index contributed by atoms with van der Waals surface area (Å²) in [6, 6.07) is 40.2. The molecular weight excluding hydrogens is 1390 g/mol. The first-order valence-electron chi connectivity index (χ1n) is 31.8. The quantitative estimate of drug-likeness (QED) is 0.0341. The molecule has 0 atom stereocenters. The second-order valence-corrected chi connectivity index (χ2v) is 25.4. The predicted molar refractivity (Wildman–Crippen MR) is 391 cm³/mol. The topological polar surface area (TPSA) is 304 Å². The van der Waals surface area contributed by atoms with Crippen molar-refractivity contribution in [2.24, 2.45) is 0 Å². The lowest BCUT2D eigenvalue weighted by Gasteiger charge is -2.29. The van der Waals surface area contributed by atoms with E-state index in [0.717, 1.165) is 80.4 Å². The molecule has 0 bridgehead atoms. The zero-order chi connectivity index (χ0) is 72.2. The second-order valence-electron chi connectivity index (χ2n) is 22.9. The van der Waals surface area contributed by atoms with Gasteiger partial charge in [0.2, 0.25) is 0 Å². The van der Waals surface area contributed by atoms with Gasteiger partial charge < -0.3 is 51.3 Å². The van der Waals surface area contributed by atoms with E-state index in [-0.39, 0.29) is 56.8 Å². The van der Waals surface area contributed by atoms with Crippen molar-refractivity contribution in [3.05, 3.63) is 265 Å². The number of pyridine rings is 3. The van der Waals surface area contributed by atoms with Crippen LogP contribution in [0.5, 0.6) is 0 Å². The highest BCUT2D eigenvalue weighted by Gasteiger charge is 2.24. The highest BCUT2D eigenvalue weighted by molar-refractivity contribution is 7.99. The summed E-state index contributed by atoms with van der Waals surface area (Å²) in [5.74, 6) is -1.71. The Morgan fingerprint density at radius 2 is 0.765 bits per heavy atom. The first kappa shape index (κ1) is 73.7. The summed E-state index contributed by atoms with van der Waals surface area (Å²) >= 11 is 19.2. The Kier molecular flexibility index (Phi) is 25.5. The normalized spacial score (nSPS) is 13.3. The van der Waals surface area contributed by atoms with Gasteiger partial charge in [-0.15, -0.1) is 0 Å². The van der Waals surface area contributed by atoms with Crippen molar-refractivity contribution in [2.75, 3.05) is 95.9 Å². The van der Waals surface area contributed by atoms with Gasteiger partial charge in [0.1, 0.15) is 52.4 Å². The SMILES string of the molecule is N=C(c1ccc(C(=O)Nc2ccc(F)cc2C(=O)Nc2ccc(Cl)cn2)cc1)N1CCCCC1.N=C(c1ccc(C(=O)Nc2ccc(F)cc2C(=O)Nc2ccc(Cl)cn2)cc1)N1CCOCC1.N=C(c1ccc(C(=O)Nc2ccccc2C(=O)Nc2ccc(Cl)cn2)c(F)c1)N1CCSCC1. The van der Waals surface area contributed by atoms with Gasteiger partial charge in [0, 0.05) is 97.2 Å². The number of halogens is 6. The average molecular weight is 1460 g/mol. The number of likely N-dealkylation sites (tertiary alicyclic amines) is 1. The number of benzene rings is 6. The van der Waals surface area contributed by atoms with Gasteiger partial charge in [0.05, 0.1) is 67.6 Å². The van der Waals surface area contributed by atoms with Crippen molar-refractivity contribution in [2.45, 2.75) is 19.3 Å². The van der Waals surface area contributed by atoms with E-state index in [2.05, 4.69) is 46.9 Å². The number of rotatable bonds is 15. The fourth-order valence-electron chi connectivity index (χ4n) is 10.5. The Bertz CT molecular complexity index is 4380. The average Bonchev–Trinajstić information content (AvgIpc) is 0.832. The van der Waals surface area contributed by atoms with E-state index in [1.807, 2.05) is 26.5 Å². The molecule has 9 N–H and O–H groups in total. The molecule has 3 saturated heterocycles. The number of amides is 6. The number of thioether (sulfide) groups is 1. The molecule has 6 aromatic carbocycles. The second kappa shape index (κ2) is 35.3. The number of anilines is 6. The lowest BCUT2D eigenvalue weighted by Crippen LogP contribution is -2.40. The van der Waals surface area contributed by atoms with Crippen molar-refractivity contribution in [3.63, 3.8) is 0 Å². The standard InChI is InChI=1S/C25H23ClFN5O2.C24H21ClFN5O3.C24H21ClFN5O2S/c26-18-8-11-22(29-15-18)31-25(34)20-14-19(27)9-10-21(20)30-24(33)17-6-4-16(5-7-17)23(28)32-12-2-1-3-13-32;25-17-5-8-21(28-14-17)30-24(33)19-13-18(26)6-7-20(19)29-23(32)16-3-1-15(2-4-16)22(27)31-9-11-34-12-10-31;25-16-6-8-21(28-14-16)30-24(33)18-3-1-2-4-20(18)29-23(32)17-7-5-15(13-19(17)26)22(27)31-9-11-34-12-10-31/h4-11,14-15,28H,1-3,12-13H2,(H,30,33)(H,29,31,34);2*1-8,13-14,27H,9-12H2,(H,29,32)(H,28,30,33). The van der Waals surface area contributed by atoms with Crippen molar-refractivity contribution >= 4 is 134 Å². The van der Waals surface area contributed by atoms with Crippen LogP contribution in [0.25, 0.3) is 0 Å². The van der Waals surface area contributed by atoms with Crippen LogP contribution in [0.4, 0.5) is 47.7 Å². The molecule has 3 aromatic heterocycles. The van der Waals surface area contributed by atoms with Crippen LogP contribution in [0.2, 0.25) is 15.1 Å². The summed E-state index contributed by atoms with van der Waals surface area (Å²) in [5, 5.41) is 42.1. The third-order valence-corrected chi connectivity index (χ3v) is 17.5. The molecule has 0 saturated carbocycles. The molecule has 6 amide bonds. The van der Waals surface area contributed by atoms with Crippen LogP contribution < -0.4 is 31.9 Å². The Balaban J connectivity index is 0.000000165. The number of hydrogen-bond acceptors (Lipinski definition) is 14. The van der Waals surface area contributed by atoms with Crippen LogP contribution in [0.1, 0.15) is 98.1 Å². The number of amidine groups is 3. The third kappa shape index (κ3) is 20.1. The Morgan fingerprint density at radius 3 is 1.22 bits per heavy atom. The van der Waals surface area contributed by atoms with E-state index in [0.29, 0.717) is 81.1 Å². The summed E-state index contributed by atoms with van der Waals surface area (Å²) in [5.41, 5.74) is 2.92. The molecule has 0 unspecified atom stereocenters. The molecular formula is C73H65Cl3F3N15O7S. The molecule has 29 heteroatoms. The maximum absolute atomic E-state index is 14.8. The Hall–Kier alpha value is -11.0. The summed E-state index contributed by atoms with van der Waals surface area (Å²) in [7, 11) is 0. The van der Waals surface area contributed by atoms with Gasteiger partial charge >= 0.3 is 0 Å². The number of nitrogens with one attached hydrogen (secondary N) is 9. The van der Waals surface area contributed by atoms with Crippen molar-refractivity contribution < 1.29 is 46.7 Å². The fourth-order valence-corrected chi connectivity index (χ4v) is 11.8. The molecule has 3 fully saturated rings. The molecule has 0 radical (unpaired) electrons. The maximum atomic E-state index is 14.8. The molecule has 522 valence electrons. The van der Waals surface area contributed by atoms with Gasteiger partial charge in [0.15, 0.2) is 0 Å². The molecule has 3 aliphatic rings. The molecule has 3 aliphatic heterocycles. The van der Waals surface area contributed by atoms with Crippen molar-refractivity contribution in [1.29, 1.82) is 16.2 Å². The number of morpholine rings is 1. The molecule has 102 heavy (non-hydrogen) atoms. The first-order chi connectivity index (χ1) is 49.2. The van der Waals surface area contributed by atoms with Gasteiger partial charge in [-0.3, -0.25) is 45.0 Å². The third-order valence-electron chi connectivity index (χ3n) is 15.9. The summed E-state index contributed by atoms with van der Waals surface area (Å²) in [6.07, 6.45) is 7.48. The lowest BCUT2D eigenvalue weighted by molar-refractivity contribution is 0.0680. The molecule has 0 aliphatic carbocycles. The summed E-state index contributed by atoms with van der Waals surface area (Å²) in [4.78, 5) is 94.5. The largest absolute Gasteiger partial charge is 0.378 e. The Labute approximate surface area is 603 Å². The molecule has 0 spiro atoms. The maximum Gasteiger partial charge on any atom is 0.259 e. The fraction of sp³-hybridized carbons (Fsp3) is 0.178. The molecule has 9 aromatic rings. The van der Waals surface area contributed by atoms with Crippen LogP contribution in [0.15, 0.2) is 182 Å². The number of para-hydroxylation sites is 1. The molecule has 12 rings (SSSR count). The number of carbonyl (C=O) groups excluding carboxylic acids is 6. The number of ether oxygens (including phenoxy) is 1. The lowest BCUT2D eigenvalue weighted by atomic mass is 10.1. The number of hydrogen-bond donors (Lipinski definition) is 9. The van der Waals surface area contributed by atoms with Gasteiger partial charge in [-0.05, 0) is 141 Å². The van der Waals surface area contributed by atoms with E-state index >= 15 is 0 Å².